The van der Waals surface area contributed by atoms with Crippen LogP contribution in [0.25, 0.3) is 0 Å². The first kappa shape index (κ1) is 31.6. The fourth-order valence-corrected chi connectivity index (χ4v) is 5.51. The minimum Gasteiger partial charge on any atom is -0.488 e. The van der Waals surface area contributed by atoms with E-state index in [4.69, 9.17) is 15.2 Å². The number of ether oxygens (including phenoxy) is 2. The molecule has 3 unspecified atom stereocenters. The topological polar surface area (TPSA) is 157 Å². The van der Waals surface area contributed by atoms with Crippen LogP contribution in [0.3, 0.4) is 0 Å². The van der Waals surface area contributed by atoms with Crippen LogP contribution < -0.4 is 21.1 Å². The highest BCUT2D eigenvalue weighted by Gasteiger charge is 2.30. The number of nitrogens with one attached hydrogen (secondary N) is 2. The van der Waals surface area contributed by atoms with Crippen LogP contribution in [-0.4, -0.2) is 49.6 Å². The summed E-state index contributed by atoms with van der Waals surface area (Å²) in [6, 6.07) is 23.4. The first-order valence-corrected chi connectivity index (χ1v) is 14.9. The van der Waals surface area contributed by atoms with Crippen molar-refractivity contribution in [2.75, 3.05) is 5.75 Å². The van der Waals surface area contributed by atoms with E-state index in [-0.39, 0.29) is 36.2 Å². The molecule has 0 fully saturated rings. The van der Waals surface area contributed by atoms with Gasteiger partial charge in [0.15, 0.2) is 9.84 Å². The van der Waals surface area contributed by atoms with Gasteiger partial charge < -0.3 is 30.9 Å². The first-order chi connectivity index (χ1) is 19.5. The molecule has 0 heterocycles. The average Bonchev–Trinajstić information content (AvgIpc) is 2.95. The number of carbonyl (C=O) groups excluding carboxylic acids is 2. The maximum absolute atomic E-state index is 13.2. The second-order valence-electron chi connectivity index (χ2n) is 9.99. The fraction of sp³-hybridized carbons (Fsp3) is 0.333. The SMILES string of the molecule is CC(C)CC(NC(=O)OCc1ccccc1)C(=O)NC(N)C(O)CS(=O)(=O)c1ccccc1OCc1ccccc1. The Morgan fingerprint density at radius 2 is 1.41 bits per heavy atom. The molecular formula is C30H37N3O7S. The van der Waals surface area contributed by atoms with Gasteiger partial charge in [-0.15, -0.1) is 0 Å². The summed E-state index contributed by atoms with van der Waals surface area (Å²) in [5, 5.41) is 15.6. The number of hydrogen-bond donors (Lipinski definition) is 4. The molecule has 3 rings (SSSR count). The van der Waals surface area contributed by atoms with E-state index >= 15 is 0 Å². The van der Waals surface area contributed by atoms with Crippen molar-refractivity contribution in [3.05, 3.63) is 96.1 Å². The number of alkyl carbamates (subject to hydrolysis) is 1. The zero-order chi connectivity index (χ0) is 29.8. The maximum atomic E-state index is 13.2. The monoisotopic (exact) mass is 583 g/mol. The Hall–Kier alpha value is -3.93. The largest absolute Gasteiger partial charge is 0.488 e. The summed E-state index contributed by atoms with van der Waals surface area (Å²) in [4.78, 5) is 25.2. The minimum absolute atomic E-state index is 0.0223. The number of benzene rings is 3. The van der Waals surface area contributed by atoms with Gasteiger partial charge in [0.1, 0.15) is 42.2 Å². The van der Waals surface area contributed by atoms with Crippen LogP contribution >= 0.6 is 0 Å². The van der Waals surface area contributed by atoms with Gasteiger partial charge in [-0.2, -0.15) is 0 Å². The number of sulfone groups is 1. The number of carbonyl (C=O) groups is 2. The smallest absolute Gasteiger partial charge is 0.408 e. The van der Waals surface area contributed by atoms with Crippen LogP contribution in [0.5, 0.6) is 5.75 Å². The summed E-state index contributed by atoms with van der Waals surface area (Å²) in [5.74, 6) is -1.28. The van der Waals surface area contributed by atoms with Crippen LogP contribution in [0.1, 0.15) is 31.4 Å². The predicted molar refractivity (Wildman–Crippen MR) is 154 cm³/mol. The number of rotatable bonds is 14. The highest BCUT2D eigenvalue weighted by Crippen LogP contribution is 2.26. The third kappa shape index (κ3) is 10.2. The Morgan fingerprint density at radius 3 is 2.02 bits per heavy atom. The van der Waals surface area contributed by atoms with E-state index in [0.717, 1.165) is 11.1 Å². The van der Waals surface area contributed by atoms with E-state index in [0.29, 0.717) is 0 Å². The van der Waals surface area contributed by atoms with Gasteiger partial charge in [-0.05, 0) is 35.6 Å². The standard InChI is InChI=1S/C30H37N3O7S/c1-21(2)17-24(32-30(36)40-19-23-13-7-4-8-14-23)29(35)33-28(31)25(34)20-41(37,38)27-16-10-9-15-26(27)39-18-22-11-5-3-6-12-22/h3-16,21,24-25,28,34H,17-20,31H2,1-2H3,(H,32,36)(H,33,35). The minimum atomic E-state index is -4.06. The molecule has 0 aliphatic rings. The summed E-state index contributed by atoms with van der Waals surface area (Å²) in [6.45, 7) is 3.92. The Labute approximate surface area is 240 Å². The van der Waals surface area contributed by atoms with Crippen LogP contribution in [0.4, 0.5) is 4.79 Å². The Kier molecular flexibility index (Phi) is 11.7. The molecule has 3 atom stereocenters. The molecule has 2 amide bonds. The maximum Gasteiger partial charge on any atom is 0.408 e. The molecule has 11 heteroatoms. The number of aliphatic hydroxyl groups excluding tert-OH is 1. The van der Waals surface area contributed by atoms with E-state index in [9.17, 15) is 23.1 Å². The lowest BCUT2D eigenvalue weighted by atomic mass is 10.0. The number of aliphatic hydroxyl groups is 1. The van der Waals surface area contributed by atoms with E-state index in [2.05, 4.69) is 10.6 Å². The second-order valence-corrected chi connectivity index (χ2v) is 12.0. The zero-order valence-corrected chi connectivity index (χ0v) is 23.9. The van der Waals surface area contributed by atoms with Crippen molar-refractivity contribution in [1.29, 1.82) is 0 Å². The van der Waals surface area contributed by atoms with Crippen molar-refractivity contribution in [2.24, 2.45) is 11.7 Å². The Bertz CT molecular complexity index is 1370. The number of hydrogen-bond acceptors (Lipinski definition) is 8. The van der Waals surface area contributed by atoms with Crippen molar-refractivity contribution in [2.45, 2.75) is 56.7 Å². The molecule has 0 saturated heterocycles. The summed E-state index contributed by atoms with van der Waals surface area (Å²) in [5.41, 5.74) is 7.63. The summed E-state index contributed by atoms with van der Waals surface area (Å²) >= 11 is 0. The fourth-order valence-electron chi connectivity index (χ4n) is 3.95. The molecule has 0 aliphatic carbocycles. The zero-order valence-electron chi connectivity index (χ0n) is 23.1. The molecule has 0 spiro atoms. The third-order valence-electron chi connectivity index (χ3n) is 6.06. The number of para-hydroxylation sites is 1. The number of nitrogens with two attached hydrogens (primary N) is 1. The van der Waals surface area contributed by atoms with Crippen molar-refractivity contribution in [3.63, 3.8) is 0 Å². The van der Waals surface area contributed by atoms with Crippen LogP contribution in [0, 0.1) is 5.92 Å². The Morgan fingerprint density at radius 1 is 0.854 bits per heavy atom. The van der Waals surface area contributed by atoms with E-state index in [1.165, 1.54) is 12.1 Å². The van der Waals surface area contributed by atoms with Crippen molar-refractivity contribution in [3.8, 4) is 5.75 Å². The highest BCUT2D eigenvalue weighted by molar-refractivity contribution is 7.91. The van der Waals surface area contributed by atoms with Crippen LogP contribution in [-0.2, 0) is 32.6 Å². The van der Waals surface area contributed by atoms with Crippen molar-refractivity contribution in [1.82, 2.24) is 10.6 Å². The molecule has 0 saturated carbocycles. The Balaban J connectivity index is 1.60. The van der Waals surface area contributed by atoms with Gasteiger partial charge >= 0.3 is 6.09 Å². The third-order valence-corrected chi connectivity index (χ3v) is 7.85. The van der Waals surface area contributed by atoms with Crippen LogP contribution in [0.15, 0.2) is 89.8 Å². The van der Waals surface area contributed by atoms with Crippen molar-refractivity contribution < 1.29 is 32.6 Å². The molecule has 0 radical (unpaired) electrons. The quantitative estimate of drug-likeness (QED) is 0.211. The van der Waals surface area contributed by atoms with Gasteiger partial charge in [-0.3, -0.25) is 4.79 Å². The van der Waals surface area contributed by atoms with Crippen molar-refractivity contribution >= 4 is 21.8 Å². The molecule has 3 aromatic rings. The van der Waals surface area contributed by atoms with Gasteiger partial charge in [0.05, 0.1) is 5.75 Å². The summed E-state index contributed by atoms with van der Waals surface area (Å²) < 4.78 is 37.4. The second kappa shape index (κ2) is 15.2. The number of amides is 2. The molecular weight excluding hydrogens is 546 g/mol. The summed E-state index contributed by atoms with van der Waals surface area (Å²) in [7, 11) is -4.06. The first-order valence-electron chi connectivity index (χ1n) is 13.2. The molecule has 3 aromatic carbocycles. The molecule has 0 bridgehead atoms. The molecule has 0 aliphatic heterocycles. The van der Waals surface area contributed by atoms with Gasteiger partial charge in [-0.25, -0.2) is 13.2 Å². The van der Waals surface area contributed by atoms with Gasteiger partial charge in [0.2, 0.25) is 5.91 Å². The predicted octanol–water partition coefficient (Wildman–Crippen LogP) is 3.14. The van der Waals surface area contributed by atoms with E-state index in [1.807, 2.05) is 62.4 Å². The molecule has 10 nitrogen and oxygen atoms in total. The van der Waals surface area contributed by atoms with Gasteiger partial charge in [0, 0.05) is 0 Å². The lowest BCUT2D eigenvalue weighted by molar-refractivity contribution is -0.124. The molecule has 0 aromatic heterocycles. The van der Waals surface area contributed by atoms with Gasteiger partial charge in [0.25, 0.3) is 0 Å². The summed E-state index contributed by atoms with van der Waals surface area (Å²) in [6.07, 6.45) is -3.60. The van der Waals surface area contributed by atoms with E-state index in [1.54, 1.807) is 24.3 Å². The lowest BCUT2D eigenvalue weighted by Crippen LogP contribution is -2.57. The van der Waals surface area contributed by atoms with E-state index < -0.39 is 45.9 Å². The van der Waals surface area contributed by atoms with Crippen LogP contribution in [0.2, 0.25) is 0 Å². The lowest BCUT2D eigenvalue weighted by Gasteiger charge is -2.25. The highest BCUT2D eigenvalue weighted by atomic mass is 32.2. The molecule has 220 valence electrons. The normalized spacial score (nSPS) is 13.6. The molecule has 5 N–H and O–H groups in total. The average molecular weight is 584 g/mol. The van der Waals surface area contributed by atoms with Gasteiger partial charge in [-0.1, -0.05) is 86.6 Å². The molecule has 41 heavy (non-hydrogen) atoms.